The molecule has 7 heteroatoms. The molecule has 7 nitrogen and oxygen atoms in total. The highest BCUT2D eigenvalue weighted by molar-refractivity contribution is 6.08. The quantitative estimate of drug-likeness (QED) is 0.464. The summed E-state index contributed by atoms with van der Waals surface area (Å²) in [5.41, 5.74) is 10.7. The Balaban J connectivity index is 1.85. The Morgan fingerprint density at radius 2 is 2.12 bits per heavy atom. The Morgan fingerprint density at radius 3 is 2.88 bits per heavy atom. The number of hydrogen-bond acceptors (Lipinski definition) is 4. The first-order chi connectivity index (χ1) is 11.6. The van der Waals surface area contributed by atoms with Crippen LogP contribution < -0.4 is 11.1 Å². The number of aromatic amines is 2. The van der Waals surface area contributed by atoms with Crippen LogP contribution >= 0.6 is 0 Å². The van der Waals surface area contributed by atoms with E-state index in [1.165, 1.54) is 6.92 Å². The lowest BCUT2D eigenvalue weighted by atomic mass is 10.1. The molecule has 1 amide bonds. The number of nitrogens with one attached hydrogen (secondary N) is 3. The fraction of sp³-hybridized carbons (Fsp3) is 0.118. The summed E-state index contributed by atoms with van der Waals surface area (Å²) in [4.78, 5) is 18.9. The standard InChI is InChI=1S/C17H16N6O/c1-9(24)19-8-11-7-13-16(21-11)12-3-2-10(14-4-5-20-23-14)6-15(12)22-17(13)18/h2-7,21H,8H2,1H3,(H2,18,22)(H,19,24)(H,20,23). The number of hydrogen-bond donors (Lipinski definition) is 4. The maximum absolute atomic E-state index is 11.1. The van der Waals surface area contributed by atoms with E-state index in [9.17, 15) is 4.79 Å². The third-order valence-electron chi connectivity index (χ3n) is 4.00. The van der Waals surface area contributed by atoms with E-state index in [-0.39, 0.29) is 5.91 Å². The van der Waals surface area contributed by atoms with E-state index in [0.29, 0.717) is 12.4 Å². The molecule has 0 aliphatic rings. The highest BCUT2D eigenvalue weighted by atomic mass is 16.1. The molecular formula is C17H16N6O. The second kappa shape index (κ2) is 5.38. The van der Waals surface area contributed by atoms with E-state index < -0.39 is 0 Å². The van der Waals surface area contributed by atoms with Crippen molar-refractivity contribution in [3.8, 4) is 11.3 Å². The monoisotopic (exact) mass is 320 g/mol. The topological polar surface area (TPSA) is 112 Å². The number of pyridine rings is 1. The van der Waals surface area contributed by atoms with Crippen LogP contribution in [0.5, 0.6) is 0 Å². The summed E-state index contributed by atoms with van der Waals surface area (Å²) >= 11 is 0. The van der Waals surface area contributed by atoms with Crippen LogP contribution in [0.1, 0.15) is 12.6 Å². The number of nitrogens with two attached hydrogens (primary N) is 1. The molecule has 0 aliphatic heterocycles. The van der Waals surface area contributed by atoms with Crippen molar-refractivity contribution in [2.24, 2.45) is 0 Å². The van der Waals surface area contributed by atoms with Crippen LogP contribution in [0.4, 0.5) is 5.82 Å². The van der Waals surface area contributed by atoms with Crippen molar-refractivity contribution >= 4 is 33.5 Å². The summed E-state index contributed by atoms with van der Waals surface area (Å²) in [6, 6.07) is 9.84. The zero-order chi connectivity index (χ0) is 16.7. The van der Waals surface area contributed by atoms with Crippen molar-refractivity contribution in [1.82, 2.24) is 25.5 Å². The predicted octanol–water partition coefficient (Wildman–Crippen LogP) is 2.32. The van der Waals surface area contributed by atoms with E-state index >= 15 is 0 Å². The van der Waals surface area contributed by atoms with Crippen molar-refractivity contribution < 1.29 is 4.79 Å². The highest BCUT2D eigenvalue weighted by Crippen LogP contribution is 2.30. The highest BCUT2D eigenvalue weighted by Gasteiger charge is 2.11. The van der Waals surface area contributed by atoms with Gasteiger partial charge in [-0.25, -0.2) is 4.98 Å². The Kier molecular flexibility index (Phi) is 3.19. The summed E-state index contributed by atoms with van der Waals surface area (Å²) in [6.45, 7) is 1.92. The maximum atomic E-state index is 11.1. The van der Waals surface area contributed by atoms with E-state index in [2.05, 4.69) is 25.5 Å². The molecule has 4 rings (SSSR count). The van der Waals surface area contributed by atoms with E-state index in [1.807, 2.05) is 30.3 Å². The molecule has 120 valence electrons. The zero-order valence-corrected chi connectivity index (χ0v) is 13.1. The zero-order valence-electron chi connectivity index (χ0n) is 13.1. The second-order valence-electron chi connectivity index (χ2n) is 5.69. The van der Waals surface area contributed by atoms with Gasteiger partial charge in [-0.05, 0) is 18.2 Å². The van der Waals surface area contributed by atoms with Gasteiger partial charge in [-0.2, -0.15) is 5.10 Å². The van der Waals surface area contributed by atoms with Crippen LogP contribution in [0.15, 0.2) is 36.5 Å². The lowest BCUT2D eigenvalue weighted by Crippen LogP contribution is -2.18. The lowest BCUT2D eigenvalue weighted by molar-refractivity contribution is -0.119. The predicted molar refractivity (Wildman–Crippen MR) is 93.1 cm³/mol. The van der Waals surface area contributed by atoms with Crippen molar-refractivity contribution in [1.29, 1.82) is 0 Å². The number of carbonyl (C=O) groups excluding carboxylic acids is 1. The summed E-state index contributed by atoms with van der Waals surface area (Å²) in [5.74, 6) is 0.387. The number of nitrogens with zero attached hydrogens (tertiary/aromatic N) is 2. The Morgan fingerprint density at radius 1 is 1.25 bits per heavy atom. The number of nitrogen functional groups attached to an aromatic ring is 1. The first-order valence-corrected chi connectivity index (χ1v) is 7.57. The Hall–Kier alpha value is -3.35. The maximum Gasteiger partial charge on any atom is 0.217 e. The molecule has 0 saturated heterocycles. The van der Waals surface area contributed by atoms with Crippen LogP contribution in [0.25, 0.3) is 33.1 Å². The van der Waals surface area contributed by atoms with Crippen LogP contribution in [0.3, 0.4) is 0 Å². The fourth-order valence-corrected chi connectivity index (χ4v) is 2.85. The second-order valence-corrected chi connectivity index (χ2v) is 5.69. The minimum Gasteiger partial charge on any atom is -0.383 e. The minimum absolute atomic E-state index is 0.0752. The molecule has 0 unspecified atom stereocenters. The number of H-pyrrole nitrogens is 2. The number of fused-ring (bicyclic) bond motifs is 3. The van der Waals surface area contributed by atoms with Crippen molar-refractivity contribution in [3.05, 3.63) is 42.2 Å². The summed E-state index contributed by atoms with van der Waals surface area (Å²) in [5, 5.41) is 11.5. The van der Waals surface area contributed by atoms with E-state index in [4.69, 9.17) is 5.73 Å². The number of aromatic nitrogens is 4. The average Bonchev–Trinajstić information content (AvgIpc) is 3.22. The molecule has 0 radical (unpaired) electrons. The lowest BCUT2D eigenvalue weighted by Gasteiger charge is -2.04. The minimum atomic E-state index is -0.0752. The third-order valence-corrected chi connectivity index (χ3v) is 4.00. The van der Waals surface area contributed by atoms with E-state index in [1.54, 1.807) is 6.20 Å². The van der Waals surface area contributed by atoms with Gasteiger partial charge in [-0.3, -0.25) is 9.89 Å². The molecule has 0 bridgehead atoms. The van der Waals surface area contributed by atoms with Crippen molar-refractivity contribution in [2.45, 2.75) is 13.5 Å². The fourth-order valence-electron chi connectivity index (χ4n) is 2.85. The first-order valence-electron chi connectivity index (χ1n) is 7.57. The SMILES string of the molecule is CC(=O)NCc1cc2c(N)nc3cc(-c4ccn[nH]4)ccc3c2[nH]1. The first kappa shape index (κ1) is 14.3. The normalized spacial score (nSPS) is 11.2. The van der Waals surface area contributed by atoms with Crippen molar-refractivity contribution in [3.63, 3.8) is 0 Å². The molecule has 24 heavy (non-hydrogen) atoms. The summed E-state index contributed by atoms with van der Waals surface area (Å²) in [7, 11) is 0. The van der Waals surface area contributed by atoms with Gasteiger partial charge in [-0.15, -0.1) is 0 Å². The number of rotatable bonds is 3. The summed E-state index contributed by atoms with van der Waals surface area (Å²) < 4.78 is 0. The number of amides is 1. The van der Waals surface area contributed by atoms with Crippen LogP contribution in [-0.4, -0.2) is 26.1 Å². The van der Waals surface area contributed by atoms with Gasteiger partial charge < -0.3 is 16.0 Å². The van der Waals surface area contributed by atoms with Gasteiger partial charge in [0, 0.05) is 35.2 Å². The number of benzene rings is 1. The molecule has 0 spiro atoms. The molecule has 1 aromatic carbocycles. The van der Waals surface area contributed by atoms with Gasteiger partial charge in [0.2, 0.25) is 5.91 Å². The Bertz CT molecular complexity index is 1050. The molecule has 4 aromatic rings. The smallest absolute Gasteiger partial charge is 0.217 e. The van der Waals surface area contributed by atoms with E-state index in [0.717, 1.165) is 38.8 Å². The van der Waals surface area contributed by atoms with Gasteiger partial charge in [0.1, 0.15) is 5.82 Å². The van der Waals surface area contributed by atoms with Crippen LogP contribution in [0.2, 0.25) is 0 Å². The van der Waals surface area contributed by atoms with Gasteiger partial charge in [0.15, 0.2) is 0 Å². The molecule has 0 atom stereocenters. The van der Waals surface area contributed by atoms with Crippen LogP contribution in [-0.2, 0) is 11.3 Å². The Labute approximate surface area is 137 Å². The molecule has 3 aromatic heterocycles. The number of anilines is 1. The van der Waals surface area contributed by atoms with Crippen molar-refractivity contribution in [2.75, 3.05) is 5.73 Å². The molecule has 3 heterocycles. The molecule has 0 saturated carbocycles. The molecule has 0 fully saturated rings. The third kappa shape index (κ3) is 2.36. The van der Waals surface area contributed by atoms with Gasteiger partial charge >= 0.3 is 0 Å². The van der Waals surface area contributed by atoms with Gasteiger partial charge in [0.05, 0.1) is 23.3 Å². The molecule has 0 aliphatic carbocycles. The molecular weight excluding hydrogens is 304 g/mol. The van der Waals surface area contributed by atoms with Gasteiger partial charge in [-0.1, -0.05) is 12.1 Å². The van der Waals surface area contributed by atoms with Crippen LogP contribution in [0, 0.1) is 0 Å². The molecule has 5 N–H and O–H groups in total. The number of carbonyl (C=O) groups is 1. The average molecular weight is 320 g/mol. The van der Waals surface area contributed by atoms with Gasteiger partial charge in [0.25, 0.3) is 0 Å². The summed E-state index contributed by atoms with van der Waals surface area (Å²) in [6.07, 6.45) is 1.71. The largest absolute Gasteiger partial charge is 0.383 e.